The van der Waals surface area contributed by atoms with Gasteiger partial charge in [-0.05, 0) is 43.2 Å². The second-order valence-corrected chi connectivity index (χ2v) is 5.85. The standard InChI is InChI=1S/C14H21N5O2S.HI/c1-4-15-13(16-7-12-18-10(2)19-21-12)17-9-14(3,20)11-5-6-22-8-11;/h5-6,8,20H,4,7,9H2,1-3H3,(H2,15,16,17);1H. The number of nitrogens with zero attached hydrogens (tertiary/aromatic N) is 3. The van der Waals surface area contributed by atoms with Crippen molar-refractivity contribution in [3.8, 4) is 0 Å². The molecule has 3 N–H and O–H groups in total. The summed E-state index contributed by atoms with van der Waals surface area (Å²) in [6, 6.07) is 1.91. The molecular formula is C14H22IN5O2S. The van der Waals surface area contributed by atoms with Crippen LogP contribution >= 0.6 is 35.3 Å². The van der Waals surface area contributed by atoms with Crippen LogP contribution in [0.3, 0.4) is 0 Å². The number of halogens is 1. The van der Waals surface area contributed by atoms with Gasteiger partial charge in [0.15, 0.2) is 11.8 Å². The molecule has 0 saturated heterocycles. The summed E-state index contributed by atoms with van der Waals surface area (Å²) in [6.07, 6.45) is 0. The molecule has 2 rings (SSSR count). The third-order valence-corrected chi connectivity index (χ3v) is 3.71. The SMILES string of the molecule is CCNC(=NCc1nc(C)no1)NCC(C)(O)c1ccsc1.I. The van der Waals surface area contributed by atoms with E-state index in [1.165, 1.54) is 0 Å². The number of aromatic nitrogens is 2. The van der Waals surface area contributed by atoms with E-state index in [-0.39, 0.29) is 30.5 Å². The minimum atomic E-state index is -0.961. The van der Waals surface area contributed by atoms with E-state index in [4.69, 9.17) is 4.52 Å². The van der Waals surface area contributed by atoms with Gasteiger partial charge in [0.05, 0.1) is 6.54 Å². The molecular weight excluding hydrogens is 429 g/mol. The summed E-state index contributed by atoms with van der Waals surface area (Å²) < 4.78 is 5.03. The average molecular weight is 451 g/mol. The Hall–Kier alpha value is -1.20. The number of hydrogen-bond acceptors (Lipinski definition) is 6. The lowest BCUT2D eigenvalue weighted by Crippen LogP contribution is -2.44. The lowest BCUT2D eigenvalue weighted by molar-refractivity contribution is 0.0621. The number of guanidine groups is 1. The fraction of sp³-hybridized carbons (Fsp3) is 0.500. The van der Waals surface area contributed by atoms with E-state index in [1.807, 2.05) is 23.8 Å². The molecule has 0 aromatic carbocycles. The number of aliphatic imine (C=N–C) groups is 1. The van der Waals surface area contributed by atoms with Gasteiger partial charge in [0.2, 0.25) is 5.89 Å². The van der Waals surface area contributed by atoms with Crippen molar-refractivity contribution in [2.75, 3.05) is 13.1 Å². The van der Waals surface area contributed by atoms with Crippen LogP contribution in [0.4, 0.5) is 0 Å². The van der Waals surface area contributed by atoms with E-state index >= 15 is 0 Å². The topological polar surface area (TPSA) is 95.6 Å². The second-order valence-electron chi connectivity index (χ2n) is 5.07. The van der Waals surface area contributed by atoms with Crippen LogP contribution in [0.1, 0.15) is 31.1 Å². The van der Waals surface area contributed by atoms with Crippen molar-refractivity contribution in [1.82, 2.24) is 20.8 Å². The molecule has 0 aliphatic carbocycles. The molecule has 0 aliphatic rings. The van der Waals surface area contributed by atoms with Gasteiger partial charge in [-0.3, -0.25) is 0 Å². The first-order valence-electron chi connectivity index (χ1n) is 7.07. The lowest BCUT2D eigenvalue weighted by Gasteiger charge is -2.24. The zero-order valence-electron chi connectivity index (χ0n) is 13.4. The molecule has 0 bridgehead atoms. The first-order valence-corrected chi connectivity index (χ1v) is 8.02. The van der Waals surface area contributed by atoms with Crippen LogP contribution in [-0.2, 0) is 12.1 Å². The maximum Gasteiger partial charge on any atom is 0.248 e. The average Bonchev–Trinajstić information content (AvgIpc) is 3.13. The fourth-order valence-corrected chi connectivity index (χ4v) is 2.60. The van der Waals surface area contributed by atoms with Crippen LogP contribution in [0.2, 0.25) is 0 Å². The Kier molecular flexibility index (Phi) is 7.92. The van der Waals surface area contributed by atoms with Gasteiger partial charge in [-0.2, -0.15) is 16.3 Å². The summed E-state index contributed by atoms with van der Waals surface area (Å²) in [5.41, 5.74) is -0.0783. The third kappa shape index (κ3) is 6.07. The minimum absolute atomic E-state index is 0. The first kappa shape index (κ1) is 19.8. The summed E-state index contributed by atoms with van der Waals surface area (Å²) >= 11 is 1.56. The molecule has 2 heterocycles. The van der Waals surface area contributed by atoms with Crippen LogP contribution in [-0.4, -0.2) is 34.3 Å². The molecule has 0 fully saturated rings. The van der Waals surface area contributed by atoms with Crippen molar-refractivity contribution < 1.29 is 9.63 Å². The maximum absolute atomic E-state index is 10.5. The Labute approximate surface area is 156 Å². The maximum atomic E-state index is 10.5. The Bertz CT molecular complexity index is 612. The van der Waals surface area contributed by atoms with E-state index in [9.17, 15) is 5.11 Å². The molecule has 1 unspecified atom stereocenters. The largest absolute Gasteiger partial charge is 0.384 e. The predicted molar refractivity (Wildman–Crippen MR) is 101 cm³/mol. The minimum Gasteiger partial charge on any atom is -0.384 e. The van der Waals surface area contributed by atoms with Gasteiger partial charge in [0.1, 0.15) is 12.1 Å². The normalized spacial score (nSPS) is 14.0. The zero-order valence-corrected chi connectivity index (χ0v) is 16.5. The summed E-state index contributed by atoms with van der Waals surface area (Å²) in [7, 11) is 0. The van der Waals surface area contributed by atoms with Crippen molar-refractivity contribution in [3.05, 3.63) is 34.1 Å². The van der Waals surface area contributed by atoms with E-state index < -0.39 is 5.60 Å². The molecule has 0 aliphatic heterocycles. The van der Waals surface area contributed by atoms with Crippen LogP contribution in [0, 0.1) is 6.92 Å². The first-order chi connectivity index (χ1) is 10.5. The number of rotatable bonds is 6. The van der Waals surface area contributed by atoms with Gasteiger partial charge < -0.3 is 20.3 Å². The quantitative estimate of drug-likeness (QED) is 0.354. The summed E-state index contributed by atoms with van der Waals surface area (Å²) in [4.78, 5) is 8.47. The summed E-state index contributed by atoms with van der Waals surface area (Å²) in [5.74, 6) is 1.64. The smallest absolute Gasteiger partial charge is 0.248 e. The van der Waals surface area contributed by atoms with Crippen molar-refractivity contribution in [2.45, 2.75) is 32.9 Å². The number of hydrogen-bond donors (Lipinski definition) is 3. The van der Waals surface area contributed by atoms with Gasteiger partial charge in [-0.1, -0.05) is 5.16 Å². The molecule has 9 heteroatoms. The number of aryl methyl sites for hydroxylation is 1. The molecule has 1 atom stereocenters. The van der Waals surface area contributed by atoms with E-state index in [1.54, 1.807) is 25.2 Å². The van der Waals surface area contributed by atoms with Crippen molar-refractivity contribution in [2.24, 2.45) is 4.99 Å². The molecule has 0 amide bonds. The highest BCUT2D eigenvalue weighted by Crippen LogP contribution is 2.21. The number of aliphatic hydroxyl groups is 1. The third-order valence-electron chi connectivity index (χ3n) is 3.03. The fourth-order valence-electron chi connectivity index (χ4n) is 1.82. The van der Waals surface area contributed by atoms with E-state index in [2.05, 4.69) is 25.8 Å². The molecule has 23 heavy (non-hydrogen) atoms. The van der Waals surface area contributed by atoms with Gasteiger partial charge in [-0.25, -0.2) is 4.99 Å². The Morgan fingerprint density at radius 1 is 1.48 bits per heavy atom. The monoisotopic (exact) mass is 451 g/mol. The lowest BCUT2D eigenvalue weighted by atomic mass is 9.99. The molecule has 128 valence electrons. The van der Waals surface area contributed by atoms with Gasteiger partial charge in [0, 0.05) is 6.54 Å². The molecule has 0 radical (unpaired) electrons. The highest BCUT2D eigenvalue weighted by Gasteiger charge is 2.23. The van der Waals surface area contributed by atoms with Crippen molar-refractivity contribution in [1.29, 1.82) is 0 Å². The molecule has 0 saturated carbocycles. The second kappa shape index (κ2) is 9.18. The van der Waals surface area contributed by atoms with Crippen LogP contribution in [0.5, 0.6) is 0 Å². The van der Waals surface area contributed by atoms with Gasteiger partial charge in [-0.15, -0.1) is 24.0 Å². The molecule has 2 aromatic rings. The Morgan fingerprint density at radius 3 is 2.83 bits per heavy atom. The van der Waals surface area contributed by atoms with Gasteiger partial charge >= 0.3 is 0 Å². The van der Waals surface area contributed by atoms with Crippen molar-refractivity contribution >= 4 is 41.3 Å². The van der Waals surface area contributed by atoms with E-state index in [0.29, 0.717) is 24.2 Å². The van der Waals surface area contributed by atoms with Crippen LogP contribution < -0.4 is 10.6 Å². The predicted octanol–water partition coefficient (Wildman–Crippen LogP) is 2.02. The number of thiophene rings is 1. The van der Waals surface area contributed by atoms with Gasteiger partial charge in [0.25, 0.3) is 0 Å². The summed E-state index contributed by atoms with van der Waals surface area (Å²) in [5, 5.41) is 24.4. The molecule has 7 nitrogen and oxygen atoms in total. The Balaban J connectivity index is 0.00000264. The highest BCUT2D eigenvalue weighted by molar-refractivity contribution is 14.0. The van der Waals surface area contributed by atoms with Crippen molar-refractivity contribution in [3.63, 3.8) is 0 Å². The summed E-state index contributed by atoms with van der Waals surface area (Å²) in [6.45, 7) is 6.86. The number of nitrogens with one attached hydrogen (secondary N) is 2. The van der Waals surface area contributed by atoms with Crippen LogP contribution in [0.25, 0.3) is 0 Å². The highest BCUT2D eigenvalue weighted by atomic mass is 127. The Morgan fingerprint density at radius 2 is 2.26 bits per heavy atom. The van der Waals surface area contributed by atoms with Crippen LogP contribution in [0.15, 0.2) is 26.3 Å². The van der Waals surface area contributed by atoms with E-state index in [0.717, 1.165) is 12.1 Å². The molecule has 0 spiro atoms. The molecule has 2 aromatic heterocycles. The zero-order chi connectivity index (χ0) is 16.0.